The minimum Gasteiger partial charge on any atom is -0.467 e. The first-order chi connectivity index (χ1) is 13.0. The molecule has 1 aromatic carbocycles. The molecule has 1 saturated carbocycles. The molecule has 2 fully saturated rings. The zero-order valence-corrected chi connectivity index (χ0v) is 15.0. The lowest BCUT2D eigenvalue weighted by atomic mass is 9.84. The smallest absolute Gasteiger partial charge is 0.328 e. The summed E-state index contributed by atoms with van der Waals surface area (Å²) in [7, 11) is 1.33. The highest BCUT2D eigenvalue weighted by Gasteiger charge is 2.48. The van der Waals surface area contributed by atoms with Crippen molar-refractivity contribution in [2.45, 2.75) is 44.2 Å². The number of carbonyl (C=O) groups is 2. The van der Waals surface area contributed by atoms with E-state index in [0.29, 0.717) is 23.2 Å². The molecule has 27 heavy (non-hydrogen) atoms. The van der Waals surface area contributed by atoms with Crippen LogP contribution < -0.4 is 0 Å². The summed E-state index contributed by atoms with van der Waals surface area (Å²) in [6.45, 7) is 0. The number of hydrogen-bond acceptors (Lipinski definition) is 5. The summed E-state index contributed by atoms with van der Waals surface area (Å²) < 4.78 is 4.93. The Bertz CT molecular complexity index is 921. The summed E-state index contributed by atoms with van der Waals surface area (Å²) in [5, 5.41) is 11.8. The number of ether oxygens (including phenoxy) is 1. The Hall–Kier alpha value is -2.90. The maximum absolute atomic E-state index is 13.3. The predicted octanol–water partition coefficient (Wildman–Crippen LogP) is 3.02. The number of nitro benzene ring substituents is 1. The van der Waals surface area contributed by atoms with E-state index in [1.165, 1.54) is 13.2 Å². The fourth-order valence-electron chi connectivity index (χ4n) is 4.65. The van der Waals surface area contributed by atoms with Gasteiger partial charge in [0, 0.05) is 17.5 Å². The Morgan fingerprint density at radius 3 is 2.81 bits per heavy atom. The number of hydrogen-bond donors (Lipinski definition) is 1. The number of nitrogens with zero attached hydrogens (tertiary/aromatic N) is 2. The number of likely N-dealkylation sites (tertiary alicyclic amines) is 1. The lowest BCUT2D eigenvalue weighted by molar-refractivity contribution is -0.383. The molecule has 1 aromatic heterocycles. The fourth-order valence-corrected chi connectivity index (χ4v) is 4.65. The molecule has 2 aromatic rings. The molecule has 1 aliphatic carbocycles. The van der Waals surface area contributed by atoms with Gasteiger partial charge in [0.1, 0.15) is 17.3 Å². The number of esters is 1. The number of nitro groups is 1. The first kappa shape index (κ1) is 17.5. The van der Waals surface area contributed by atoms with Crippen molar-refractivity contribution in [3.8, 4) is 0 Å². The zero-order valence-electron chi connectivity index (χ0n) is 15.0. The summed E-state index contributed by atoms with van der Waals surface area (Å²) in [5.41, 5.74) is 0.507. The van der Waals surface area contributed by atoms with Gasteiger partial charge >= 0.3 is 5.97 Å². The number of fused-ring (bicyclic) bond motifs is 2. The number of carbonyl (C=O) groups excluding carboxylic acids is 2. The molecule has 3 atom stereocenters. The van der Waals surface area contributed by atoms with Crippen LogP contribution in [0.4, 0.5) is 5.69 Å². The second-order valence-corrected chi connectivity index (χ2v) is 7.28. The van der Waals surface area contributed by atoms with E-state index in [1.54, 1.807) is 23.1 Å². The first-order valence-electron chi connectivity index (χ1n) is 9.18. The highest BCUT2D eigenvalue weighted by Crippen LogP contribution is 2.41. The van der Waals surface area contributed by atoms with Crippen LogP contribution in [0.5, 0.6) is 0 Å². The highest BCUT2D eigenvalue weighted by atomic mass is 16.6. The third kappa shape index (κ3) is 2.85. The largest absolute Gasteiger partial charge is 0.467 e. The molecule has 1 aliphatic heterocycles. The van der Waals surface area contributed by atoms with Crippen LogP contribution in [0, 0.1) is 16.0 Å². The Labute approximate surface area is 155 Å². The molecule has 0 spiro atoms. The van der Waals surface area contributed by atoms with Crippen molar-refractivity contribution in [2.24, 2.45) is 5.92 Å². The SMILES string of the molecule is COC(=O)[C@@H]1C[C@@H]2CCCC[C@H]2N1C(=O)c1cc2cccc([N+](=O)[O-])c2[nH]1. The van der Waals surface area contributed by atoms with E-state index in [1.807, 2.05) is 0 Å². The number of benzene rings is 1. The monoisotopic (exact) mass is 371 g/mol. The van der Waals surface area contributed by atoms with Crippen LogP contribution in [-0.4, -0.2) is 45.9 Å². The number of amides is 1. The van der Waals surface area contributed by atoms with Crippen LogP contribution in [0.3, 0.4) is 0 Å². The summed E-state index contributed by atoms with van der Waals surface area (Å²) in [6, 6.07) is 5.74. The highest BCUT2D eigenvalue weighted by molar-refractivity contribution is 6.01. The van der Waals surface area contributed by atoms with Gasteiger partial charge in [0.05, 0.1) is 12.0 Å². The number of rotatable bonds is 3. The van der Waals surface area contributed by atoms with Crippen molar-refractivity contribution >= 4 is 28.5 Å². The van der Waals surface area contributed by atoms with Gasteiger partial charge in [-0.3, -0.25) is 14.9 Å². The van der Waals surface area contributed by atoms with Crippen LogP contribution in [-0.2, 0) is 9.53 Å². The van der Waals surface area contributed by atoms with Gasteiger partial charge in [0.2, 0.25) is 0 Å². The van der Waals surface area contributed by atoms with Crippen molar-refractivity contribution < 1.29 is 19.2 Å². The third-order valence-corrected chi connectivity index (χ3v) is 5.86. The number of non-ortho nitro benzene ring substituents is 1. The lowest BCUT2D eigenvalue weighted by Crippen LogP contribution is -2.46. The average molecular weight is 371 g/mol. The lowest BCUT2D eigenvalue weighted by Gasteiger charge is -2.33. The van der Waals surface area contributed by atoms with Crippen LogP contribution in [0.2, 0.25) is 0 Å². The van der Waals surface area contributed by atoms with E-state index in [9.17, 15) is 19.7 Å². The number of aromatic amines is 1. The average Bonchev–Trinajstić information content (AvgIpc) is 3.28. The summed E-state index contributed by atoms with van der Waals surface area (Å²) in [4.78, 5) is 40.9. The van der Waals surface area contributed by atoms with Crippen molar-refractivity contribution in [3.05, 3.63) is 40.1 Å². The molecule has 1 N–H and O–H groups in total. The van der Waals surface area contributed by atoms with Crippen molar-refractivity contribution in [3.63, 3.8) is 0 Å². The predicted molar refractivity (Wildman–Crippen MR) is 97.3 cm³/mol. The molecule has 2 heterocycles. The van der Waals surface area contributed by atoms with Gasteiger partial charge in [-0.15, -0.1) is 0 Å². The molecule has 1 saturated heterocycles. The molecule has 4 rings (SSSR count). The van der Waals surface area contributed by atoms with Crippen molar-refractivity contribution in [2.75, 3.05) is 7.11 Å². The topological polar surface area (TPSA) is 106 Å². The minimum atomic E-state index is -0.600. The number of methoxy groups -OCH3 is 1. The molecular formula is C19H21N3O5. The summed E-state index contributed by atoms with van der Waals surface area (Å²) >= 11 is 0. The fraction of sp³-hybridized carbons (Fsp3) is 0.474. The van der Waals surface area contributed by atoms with E-state index in [4.69, 9.17) is 4.74 Å². The third-order valence-electron chi connectivity index (χ3n) is 5.86. The van der Waals surface area contributed by atoms with Gasteiger partial charge in [-0.25, -0.2) is 4.79 Å². The Balaban J connectivity index is 1.73. The number of nitrogens with one attached hydrogen (secondary N) is 1. The second kappa shape index (κ2) is 6.68. The van der Waals surface area contributed by atoms with E-state index < -0.39 is 16.9 Å². The normalized spacial score (nSPS) is 24.6. The number of para-hydroxylation sites is 1. The van der Waals surface area contributed by atoms with Crippen molar-refractivity contribution in [1.82, 2.24) is 9.88 Å². The van der Waals surface area contributed by atoms with Crippen LogP contribution >= 0.6 is 0 Å². The van der Waals surface area contributed by atoms with Gasteiger partial charge in [0.25, 0.3) is 11.6 Å². The molecule has 0 radical (unpaired) electrons. The van der Waals surface area contributed by atoms with E-state index >= 15 is 0 Å². The molecular weight excluding hydrogens is 350 g/mol. The quantitative estimate of drug-likeness (QED) is 0.507. The zero-order chi connectivity index (χ0) is 19.1. The molecule has 2 aliphatic rings. The van der Waals surface area contributed by atoms with Gasteiger partial charge in [-0.2, -0.15) is 0 Å². The van der Waals surface area contributed by atoms with Gasteiger partial charge in [-0.05, 0) is 31.2 Å². The molecule has 1 amide bonds. The van der Waals surface area contributed by atoms with E-state index in [-0.39, 0.29) is 23.3 Å². The van der Waals surface area contributed by atoms with Crippen LogP contribution in [0.1, 0.15) is 42.6 Å². The maximum Gasteiger partial charge on any atom is 0.328 e. The molecule has 0 bridgehead atoms. The number of H-pyrrole nitrogens is 1. The van der Waals surface area contributed by atoms with Crippen LogP contribution in [0.15, 0.2) is 24.3 Å². The summed E-state index contributed by atoms with van der Waals surface area (Å²) in [6.07, 6.45) is 4.61. The summed E-state index contributed by atoms with van der Waals surface area (Å²) in [5.74, 6) is -0.407. The molecule has 8 heteroatoms. The molecule has 142 valence electrons. The Morgan fingerprint density at radius 1 is 1.30 bits per heavy atom. The standard InChI is InChI=1S/C19H21N3O5/c1-27-19(24)16-10-11-5-2-3-7-14(11)21(16)18(23)13-9-12-6-4-8-15(22(25)26)17(12)20-13/h4,6,8-9,11,14,16,20H,2-3,5,7,10H2,1H3/t11-,14+,16-/m0/s1. The Kier molecular flexibility index (Phi) is 4.33. The van der Waals surface area contributed by atoms with Gasteiger partial charge in [0.15, 0.2) is 0 Å². The van der Waals surface area contributed by atoms with Gasteiger partial charge in [-0.1, -0.05) is 25.0 Å². The maximum atomic E-state index is 13.3. The molecule has 8 nitrogen and oxygen atoms in total. The van der Waals surface area contributed by atoms with E-state index in [2.05, 4.69) is 4.98 Å². The van der Waals surface area contributed by atoms with Crippen LogP contribution in [0.25, 0.3) is 10.9 Å². The van der Waals surface area contributed by atoms with Gasteiger partial charge < -0.3 is 14.6 Å². The minimum absolute atomic E-state index is 0.0109. The number of aromatic nitrogens is 1. The van der Waals surface area contributed by atoms with Crippen molar-refractivity contribution in [1.29, 1.82) is 0 Å². The second-order valence-electron chi connectivity index (χ2n) is 7.28. The molecule has 0 unspecified atom stereocenters. The first-order valence-corrected chi connectivity index (χ1v) is 9.18. The Morgan fingerprint density at radius 2 is 2.07 bits per heavy atom. The van der Waals surface area contributed by atoms with E-state index in [0.717, 1.165) is 25.7 Å².